The van der Waals surface area contributed by atoms with E-state index in [0.717, 1.165) is 25.7 Å². The average Bonchev–Trinajstić information content (AvgIpc) is 3.01. The minimum absolute atomic E-state index is 0.0310. The molecule has 1 saturated heterocycles. The number of hydrogen-bond donors (Lipinski definition) is 2. The summed E-state index contributed by atoms with van der Waals surface area (Å²) in [5.41, 5.74) is 0. The van der Waals surface area contributed by atoms with Gasteiger partial charge in [-0.3, -0.25) is 14.4 Å². The maximum atomic E-state index is 13.8. The van der Waals surface area contributed by atoms with Crippen molar-refractivity contribution in [2.45, 2.75) is 72.4 Å². The number of rotatable bonds is 11. The van der Waals surface area contributed by atoms with Gasteiger partial charge in [0.1, 0.15) is 6.04 Å². The number of likely N-dealkylation sites (tertiary alicyclic amines) is 1. The van der Waals surface area contributed by atoms with Crippen molar-refractivity contribution in [1.82, 2.24) is 10.2 Å². The van der Waals surface area contributed by atoms with Crippen LogP contribution in [0.25, 0.3) is 0 Å². The molecule has 0 bridgehead atoms. The van der Waals surface area contributed by atoms with Crippen LogP contribution in [0.1, 0.15) is 60.3 Å². The third kappa shape index (κ3) is 5.30. The summed E-state index contributed by atoms with van der Waals surface area (Å²) in [6.07, 6.45) is 7.42. The second-order valence-corrected chi connectivity index (χ2v) is 9.05. The summed E-state index contributed by atoms with van der Waals surface area (Å²) in [4.78, 5) is 41.5. The van der Waals surface area contributed by atoms with Crippen molar-refractivity contribution in [1.29, 1.82) is 0 Å². The molecule has 2 amide bonds. The molecule has 2 rings (SSSR count). The zero-order chi connectivity index (χ0) is 23.1. The fourth-order valence-electron chi connectivity index (χ4n) is 5.08. The molecule has 0 aromatic rings. The molecule has 7 nitrogen and oxygen atoms in total. The number of allylic oxidation sites excluding steroid dienone is 1. The third-order valence-corrected chi connectivity index (χ3v) is 6.64. The molecule has 31 heavy (non-hydrogen) atoms. The number of unbranched alkanes of at least 4 members (excludes halogenated alkanes) is 1. The van der Waals surface area contributed by atoms with Crippen molar-refractivity contribution in [3.63, 3.8) is 0 Å². The van der Waals surface area contributed by atoms with E-state index in [1.807, 2.05) is 26.0 Å². The summed E-state index contributed by atoms with van der Waals surface area (Å²) < 4.78 is 5.37. The Morgan fingerprint density at radius 1 is 1.19 bits per heavy atom. The van der Waals surface area contributed by atoms with Gasteiger partial charge in [-0.25, -0.2) is 0 Å². The quantitative estimate of drug-likeness (QED) is 0.295. The first-order chi connectivity index (χ1) is 14.8. The first-order valence-electron chi connectivity index (χ1n) is 11.9. The van der Waals surface area contributed by atoms with Gasteiger partial charge < -0.3 is 20.1 Å². The lowest BCUT2D eigenvalue weighted by atomic mass is 9.69. The van der Waals surface area contributed by atoms with Gasteiger partial charge >= 0.3 is 5.97 Å². The Morgan fingerprint density at radius 3 is 2.45 bits per heavy atom. The summed E-state index contributed by atoms with van der Waals surface area (Å²) >= 11 is 0. The SMILES string of the molecule is CCCCNC(=O)[C@@H]1[C@H]2C=C[C@@H](CCC)[C@@H](C(=O)OCC)[C@@H]2C(=O)N1[C@@H](CO)C(C)C. The Morgan fingerprint density at radius 2 is 1.90 bits per heavy atom. The van der Waals surface area contributed by atoms with Crippen LogP contribution in [-0.4, -0.2) is 59.6 Å². The summed E-state index contributed by atoms with van der Waals surface area (Å²) in [5.74, 6) is -2.59. The summed E-state index contributed by atoms with van der Waals surface area (Å²) in [5, 5.41) is 13.1. The van der Waals surface area contributed by atoms with Crippen LogP contribution >= 0.6 is 0 Å². The largest absolute Gasteiger partial charge is 0.466 e. The standard InChI is InChI=1S/C24H40N2O5/c1-6-9-13-25-22(28)21-17-12-11-16(10-7-2)19(24(30)31-8-3)20(17)23(29)26(21)18(14-27)15(4)5/h11-12,15-21,27H,6-10,13-14H2,1-5H3,(H,25,28)/t16-,17+,18+,19-,20-,21+/m1/s1. The van der Waals surface area contributed by atoms with E-state index in [1.165, 1.54) is 0 Å². The molecule has 0 radical (unpaired) electrons. The lowest BCUT2D eigenvalue weighted by Crippen LogP contribution is -2.54. The van der Waals surface area contributed by atoms with E-state index in [-0.39, 0.29) is 42.8 Å². The van der Waals surface area contributed by atoms with Crippen LogP contribution in [0.2, 0.25) is 0 Å². The first-order valence-corrected chi connectivity index (χ1v) is 11.9. The molecule has 7 heteroatoms. The van der Waals surface area contributed by atoms with E-state index >= 15 is 0 Å². The molecule has 0 saturated carbocycles. The number of nitrogens with zero attached hydrogens (tertiary/aromatic N) is 1. The maximum absolute atomic E-state index is 13.8. The van der Waals surface area contributed by atoms with Gasteiger partial charge in [0, 0.05) is 12.5 Å². The van der Waals surface area contributed by atoms with E-state index in [2.05, 4.69) is 19.2 Å². The minimum Gasteiger partial charge on any atom is -0.466 e. The smallest absolute Gasteiger partial charge is 0.310 e. The number of amides is 2. The maximum Gasteiger partial charge on any atom is 0.310 e. The molecule has 1 aliphatic heterocycles. The fourth-order valence-corrected chi connectivity index (χ4v) is 5.08. The van der Waals surface area contributed by atoms with Gasteiger partial charge in [-0.2, -0.15) is 0 Å². The number of fused-ring (bicyclic) bond motifs is 1. The lowest BCUT2D eigenvalue weighted by molar-refractivity contribution is -0.156. The number of hydrogen-bond acceptors (Lipinski definition) is 5. The Bertz CT molecular complexity index is 662. The van der Waals surface area contributed by atoms with Crippen molar-refractivity contribution in [3.8, 4) is 0 Å². The predicted octanol–water partition coefficient (Wildman–Crippen LogP) is 2.53. The van der Waals surface area contributed by atoms with Gasteiger partial charge in [0.05, 0.1) is 31.1 Å². The van der Waals surface area contributed by atoms with Crippen molar-refractivity contribution in [3.05, 3.63) is 12.2 Å². The highest BCUT2D eigenvalue weighted by atomic mass is 16.5. The van der Waals surface area contributed by atoms with Crippen molar-refractivity contribution in [2.24, 2.45) is 29.6 Å². The minimum atomic E-state index is -0.732. The number of carbonyl (C=O) groups is 3. The Hall–Kier alpha value is -1.89. The molecule has 0 aromatic heterocycles. The number of carbonyl (C=O) groups excluding carboxylic acids is 3. The van der Waals surface area contributed by atoms with Gasteiger partial charge in [0.25, 0.3) is 0 Å². The molecule has 2 aliphatic rings. The highest BCUT2D eigenvalue weighted by Crippen LogP contribution is 2.46. The molecular weight excluding hydrogens is 396 g/mol. The van der Waals surface area contributed by atoms with Gasteiger partial charge in [0.15, 0.2) is 0 Å². The molecular formula is C24H40N2O5. The number of nitrogens with one attached hydrogen (secondary N) is 1. The van der Waals surface area contributed by atoms with Gasteiger partial charge in [0.2, 0.25) is 11.8 Å². The molecule has 1 aliphatic carbocycles. The molecule has 0 unspecified atom stereocenters. The third-order valence-electron chi connectivity index (χ3n) is 6.64. The van der Waals surface area contributed by atoms with E-state index in [4.69, 9.17) is 4.74 Å². The van der Waals surface area contributed by atoms with Gasteiger partial charge in [-0.05, 0) is 31.6 Å². The predicted molar refractivity (Wildman–Crippen MR) is 119 cm³/mol. The normalized spacial score (nSPS) is 28.5. The topological polar surface area (TPSA) is 95.9 Å². The molecule has 1 fully saturated rings. The molecule has 0 spiro atoms. The van der Waals surface area contributed by atoms with Gasteiger partial charge in [-0.15, -0.1) is 0 Å². The second-order valence-electron chi connectivity index (χ2n) is 9.05. The van der Waals surface area contributed by atoms with Gasteiger partial charge in [-0.1, -0.05) is 52.7 Å². The van der Waals surface area contributed by atoms with Crippen molar-refractivity contribution >= 4 is 17.8 Å². The van der Waals surface area contributed by atoms with E-state index in [0.29, 0.717) is 6.54 Å². The van der Waals surface area contributed by atoms with Crippen molar-refractivity contribution in [2.75, 3.05) is 19.8 Å². The Kier molecular flexibility index (Phi) is 9.54. The zero-order valence-electron chi connectivity index (χ0n) is 19.7. The van der Waals surface area contributed by atoms with Crippen molar-refractivity contribution < 1.29 is 24.2 Å². The van der Waals surface area contributed by atoms with Crippen LogP contribution in [0.3, 0.4) is 0 Å². The number of ether oxygens (including phenoxy) is 1. The Balaban J connectivity index is 2.49. The van der Waals surface area contributed by atoms with Crippen LogP contribution in [0.5, 0.6) is 0 Å². The molecule has 1 heterocycles. The van der Waals surface area contributed by atoms with Crippen LogP contribution in [0, 0.1) is 29.6 Å². The van der Waals surface area contributed by atoms with Crippen LogP contribution in [-0.2, 0) is 19.1 Å². The lowest BCUT2D eigenvalue weighted by Gasteiger charge is -2.35. The number of aliphatic hydroxyl groups is 1. The molecule has 176 valence electrons. The fraction of sp³-hybridized carbons (Fsp3) is 0.792. The van der Waals surface area contributed by atoms with E-state index in [9.17, 15) is 19.5 Å². The summed E-state index contributed by atoms with van der Waals surface area (Å²) in [6.45, 7) is 10.3. The second kappa shape index (κ2) is 11.7. The Labute approximate surface area is 186 Å². The summed E-state index contributed by atoms with van der Waals surface area (Å²) in [7, 11) is 0. The zero-order valence-corrected chi connectivity index (χ0v) is 19.7. The first kappa shape index (κ1) is 25.4. The van der Waals surface area contributed by atoms with Crippen LogP contribution in [0.4, 0.5) is 0 Å². The number of aliphatic hydroxyl groups excluding tert-OH is 1. The molecule has 6 atom stereocenters. The number of esters is 1. The molecule has 2 N–H and O–H groups in total. The average molecular weight is 437 g/mol. The summed E-state index contributed by atoms with van der Waals surface area (Å²) in [6, 6.07) is -1.22. The highest BCUT2D eigenvalue weighted by Gasteiger charge is 2.59. The highest BCUT2D eigenvalue weighted by molar-refractivity contribution is 5.96. The molecule has 0 aromatic carbocycles. The van der Waals surface area contributed by atoms with E-state index < -0.39 is 29.8 Å². The van der Waals surface area contributed by atoms with Crippen LogP contribution < -0.4 is 5.32 Å². The van der Waals surface area contributed by atoms with E-state index in [1.54, 1.807) is 11.8 Å². The van der Waals surface area contributed by atoms with Crippen LogP contribution in [0.15, 0.2) is 12.2 Å². The monoisotopic (exact) mass is 436 g/mol.